The Morgan fingerprint density at radius 3 is 2.54 bits per heavy atom. The predicted octanol–water partition coefficient (Wildman–Crippen LogP) is 5.67. The van der Waals surface area contributed by atoms with Crippen LogP contribution in [0.5, 0.6) is 0 Å². The lowest BCUT2D eigenvalue weighted by Gasteiger charge is -2.38. The van der Waals surface area contributed by atoms with Crippen molar-refractivity contribution in [2.45, 2.75) is 41.4 Å². The average molecular weight is 604 g/mol. The molecule has 0 aliphatic carbocycles. The van der Waals surface area contributed by atoms with Gasteiger partial charge in [-0.25, -0.2) is 15.0 Å². The first kappa shape index (κ1) is 27.8. The number of ether oxygens (including phenoxy) is 1. The Morgan fingerprint density at radius 2 is 1.76 bits per heavy atom. The van der Waals surface area contributed by atoms with E-state index in [2.05, 4.69) is 61.9 Å². The number of aromatic nitrogens is 4. The van der Waals surface area contributed by atoms with Crippen molar-refractivity contribution in [2.24, 2.45) is 0 Å². The Hall–Kier alpha value is -3.31. The second-order valence-corrected chi connectivity index (χ2v) is 12.0. The van der Waals surface area contributed by atoms with E-state index in [4.69, 9.17) is 38.5 Å². The number of rotatable bonds is 7. The van der Waals surface area contributed by atoms with Crippen LogP contribution in [-0.4, -0.2) is 51.4 Å². The van der Waals surface area contributed by atoms with Crippen molar-refractivity contribution in [3.8, 4) is 0 Å². The standard InChI is InChI=1S/C30H30ClN7OS2/c31-24-8-6-23(7-9-24)30(11-16-39-17-12-30)20-34-28(40)37-27-35-25(18-26(36-27)41-29-32-13-3-14-33-29)38-15-10-21-4-1-2-5-22(21)19-38/h1-9,13-14,18H,10-12,15-17,19-20H2,(H2,34,35,36,37,40). The van der Waals surface area contributed by atoms with Gasteiger partial charge in [-0.1, -0.05) is 48.0 Å². The highest BCUT2D eigenvalue weighted by Crippen LogP contribution is 2.35. The highest BCUT2D eigenvalue weighted by molar-refractivity contribution is 7.99. The van der Waals surface area contributed by atoms with Crippen LogP contribution in [0.2, 0.25) is 5.02 Å². The van der Waals surface area contributed by atoms with Crippen LogP contribution in [-0.2, 0) is 23.1 Å². The van der Waals surface area contributed by atoms with E-state index in [0.29, 0.717) is 36.0 Å². The highest BCUT2D eigenvalue weighted by Gasteiger charge is 2.34. The fourth-order valence-electron chi connectivity index (χ4n) is 5.33. The first-order valence-electron chi connectivity index (χ1n) is 13.6. The third-order valence-electron chi connectivity index (χ3n) is 7.60. The van der Waals surface area contributed by atoms with Crippen LogP contribution in [0.25, 0.3) is 0 Å². The molecular weight excluding hydrogens is 574 g/mol. The van der Waals surface area contributed by atoms with Crippen LogP contribution in [0, 0.1) is 0 Å². The second-order valence-electron chi connectivity index (χ2n) is 10.2. The van der Waals surface area contributed by atoms with Gasteiger partial charge in [-0.3, -0.25) is 0 Å². The number of nitrogens with one attached hydrogen (secondary N) is 2. The fraction of sp³-hybridized carbons (Fsp3) is 0.300. The molecule has 0 bridgehead atoms. The second kappa shape index (κ2) is 12.7. The van der Waals surface area contributed by atoms with Crippen molar-refractivity contribution < 1.29 is 4.74 Å². The molecule has 4 heterocycles. The van der Waals surface area contributed by atoms with Crippen LogP contribution >= 0.6 is 35.6 Å². The molecule has 6 rings (SSSR count). The fourth-order valence-corrected chi connectivity index (χ4v) is 6.33. The Bertz CT molecular complexity index is 1500. The molecule has 0 radical (unpaired) electrons. The summed E-state index contributed by atoms with van der Waals surface area (Å²) in [6.45, 7) is 3.72. The van der Waals surface area contributed by atoms with Crippen LogP contribution in [0.1, 0.15) is 29.5 Å². The van der Waals surface area contributed by atoms with Gasteiger partial charge in [0.15, 0.2) is 10.3 Å². The highest BCUT2D eigenvalue weighted by atomic mass is 35.5. The lowest BCUT2D eigenvalue weighted by Crippen LogP contribution is -2.45. The summed E-state index contributed by atoms with van der Waals surface area (Å²) in [5.41, 5.74) is 3.82. The van der Waals surface area contributed by atoms with Crippen molar-refractivity contribution in [3.63, 3.8) is 0 Å². The van der Waals surface area contributed by atoms with E-state index in [1.165, 1.54) is 28.5 Å². The largest absolute Gasteiger partial charge is 0.381 e. The smallest absolute Gasteiger partial charge is 0.232 e. The van der Waals surface area contributed by atoms with Crippen LogP contribution in [0.4, 0.5) is 11.8 Å². The Balaban J connectivity index is 1.21. The van der Waals surface area contributed by atoms with Gasteiger partial charge in [0.25, 0.3) is 0 Å². The van der Waals surface area contributed by atoms with Crippen molar-refractivity contribution >= 4 is 52.5 Å². The molecule has 2 aliphatic rings. The topological polar surface area (TPSA) is 88.1 Å². The third kappa shape index (κ3) is 6.78. The Labute approximate surface area is 254 Å². The summed E-state index contributed by atoms with van der Waals surface area (Å²) in [5.74, 6) is 1.27. The predicted molar refractivity (Wildman–Crippen MR) is 167 cm³/mol. The molecule has 1 saturated heterocycles. The van der Waals surface area contributed by atoms with Gasteiger partial charge in [-0.2, -0.15) is 4.98 Å². The molecule has 210 valence electrons. The number of anilines is 2. The van der Waals surface area contributed by atoms with E-state index in [-0.39, 0.29) is 5.41 Å². The molecule has 11 heteroatoms. The SMILES string of the molecule is S=C(NCC1(c2ccc(Cl)cc2)CCOCC1)Nc1nc(Sc2ncccn2)cc(N2CCc3ccccc3C2)n1. The Morgan fingerprint density at radius 1 is 1.00 bits per heavy atom. The number of hydrogen-bond acceptors (Lipinski definition) is 8. The zero-order chi connectivity index (χ0) is 28.1. The third-order valence-corrected chi connectivity index (χ3v) is 8.91. The summed E-state index contributed by atoms with van der Waals surface area (Å²) in [4.78, 5) is 20.6. The number of hydrogen-bond donors (Lipinski definition) is 2. The quantitative estimate of drug-likeness (QED) is 0.156. The molecule has 0 spiro atoms. The number of nitrogens with zero attached hydrogens (tertiary/aromatic N) is 5. The maximum absolute atomic E-state index is 6.17. The maximum Gasteiger partial charge on any atom is 0.232 e. The molecule has 0 saturated carbocycles. The van der Waals surface area contributed by atoms with Crippen molar-refractivity contribution in [3.05, 3.63) is 94.8 Å². The lowest BCUT2D eigenvalue weighted by atomic mass is 9.74. The monoisotopic (exact) mass is 603 g/mol. The number of benzene rings is 2. The molecular formula is C30H30ClN7OS2. The lowest BCUT2D eigenvalue weighted by molar-refractivity contribution is 0.0515. The van der Waals surface area contributed by atoms with E-state index in [9.17, 15) is 0 Å². The summed E-state index contributed by atoms with van der Waals surface area (Å²) in [7, 11) is 0. The zero-order valence-electron chi connectivity index (χ0n) is 22.4. The molecule has 0 atom stereocenters. The van der Waals surface area contributed by atoms with E-state index in [1.807, 2.05) is 18.2 Å². The van der Waals surface area contributed by atoms with Crippen LogP contribution < -0.4 is 15.5 Å². The van der Waals surface area contributed by atoms with E-state index >= 15 is 0 Å². The van der Waals surface area contributed by atoms with Gasteiger partial charge in [0.1, 0.15) is 10.8 Å². The minimum atomic E-state index is -0.107. The first-order chi connectivity index (χ1) is 20.1. The van der Waals surface area contributed by atoms with Crippen molar-refractivity contribution in [2.75, 3.05) is 36.5 Å². The van der Waals surface area contributed by atoms with E-state index in [1.54, 1.807) is 18.5 Å². The summed E-state index contributed by atoms with van der Waals surface area (Å²) in [5, 5.41) is 9.25. The number of fused-ring (bicyclic) bond motifs is 1. The van der Waals surface area contributed by atoms with Gasteiger partial charge >= 0.3 is 0 Å². The van der Waals surface area contributed by atoms with Gasteiger partial charge in [0.05, 0.1) is 0 Å². The number of halogens is 1. The summed E-state index contributed by atoms with van der Waals surface area (Å²) >= 11 is 13.3. The van der Waals surface area contributed by atoms with Crippen LogP contribution in [0.3, 0.4) is 0 Å². The molecule has 4 aromatic rings. The molecule has 2 aromatic carbocycles. The molecule has 2 N–H and O–H groups in total. The zero-order valence-corrected chi connectivity index (χ0v) is 24.8. The maximum atomic E-state index is 6.17. The first-order valence-corrected chi connectivity index (χ1v) is 15.2. The molecule has 2 aliphatic heterocycles. The molecule has 1 fully saturated rings. The minimum Gasteiger partial charge on any atom is -0.381 e. The molecule has 2 aromatic heterocycles. The van der Waals surface area contributed by atoms with E-state index in [0.717, 1.165) is 48.2 Å². The average Bonchev–Trinajstić information content (AvgIpc) is 3.01. The van der Waals surface area contributed by atoms with Crippen molar-refractivity contribution in [1.29, 1.82) is 0 Å². The van der Waals surface area contributed by atoms with Gasteiger partial charge in [0.2, 0.25) is 5.95 Å². The minimum absolute atomic E-state index is 0.107. The van der Waals surface area contributed by atoms with E-state index < -0.39 is 0 Å². The molecule has 8 nitrogen and oxygen atoms in total. The molecule has 0 amide bonds. The van der Waals surface area contributed by atoms with Crippen LogP contribution in [0.15, 0.2) is 83.2 Å². The van der Waals surface area contributed by atoms with Gasteiger partial charge in [0, 0.05) is 61.7 Å². The van der Waals surface area contributed by atoms with Gasteiger partial charge in [-0.15, -0.1) is 0 Å². The number of thiocarbonyl (C=S) groups is 1. The van der Waals surface area contributed by atoms with Crippen molar-refractivity contribution in [1.82, 2.24) is 25.3 Å². The summed E-state index contributed by atoms with van der Waals surface area (Å²) in [6.07, 6.45) is 6.20. The Kier molecular flexibility index (Phi) is 8.62. The normalized spacial score (nSPS) is 16.1. The molecule has 0 unspecified atom stereocenters. The van der Waals surface area contributed by atoms with Gasteiger partial charge < -0.3 is 20.3 Å². The summed E-state index contributed by atoms with van der Waals surface area (Å²) in [6, 6.07) is 20.4. The molecule has 41 heavy (non-hydrogen) atoms. The summed E-state index contributed by atoms with van der Waals surface area (Å²) < 4.78 is 5.69. The van der Waals surface area contributed by atoms with Gasteiger partial charge in [-0.05, 0) is 78.1 Å².